The van der Waals surface area contributed by atoms with Gasteiger partial charge in [0.2, 0.25) is 0 Å². The van der Waals surface area contributed by atoms with Crippen LogP contribution < -0.4 is 5.32 Å². The van der Waals surface area contributed by atoms with Gasteiger partial charge in [-0.05, 0) is 94.3 Å². The highest BCUT2D eigenvalue weighted by Gasteiger charge is 2.52. The highest BCUT2D eigenvalue weighted by Crippen LogP contribution is 2.42. The van der Waals surface area contributed by atoms with Crippen molar-refractivity contribution in [2.45, 2.75) is 186 Å². The molecule has 3 saturated heterocycles. The lowest BCUT2D eigenvalue weighted by Crippen LogP contribution is -2.60. The van der Waals surface area contributed by atoms with Crippen molar-refractivity contribution in [3.8, 4) is 6.07 Å². The SMILES string of the molecule is CC[C@H]1OC(=O)[C@H](C)[C@@H](O[C@H]2C[C@@](C)(OC)C(CC#N)[C@H](C)O2)[C@H](C)[C@@H](O[C@@H]2O[C@H](C)CC(N(C)C)[C@H]2O)[C@](C)(O)C[C@@H](C)CN[C@H](C)[C@@H](O)[C@]1(C)O. The molecule has 3 heterocycles. The molecule has 0 bridgehead atoms. The fraction of sp³-hybridized carbons (Fsp3) is 0.949. The Morgan fingerprint density at radius 1 is 1.02 bits per heavy atom. The van der Waals surface area contributed by atoms with E-state index in [-0.39, 0.29) is 49.7 Å². The van der Waals surface area contributed by atoms with Gasteiger partial charge in [0.25, 0.3) is 0 Å². The largest absolute Gasteiger partial charge is 0.459 e. The first kappa shape index (κ1) is 45.9. The maximum absolute atomic E-state index is 14.2. The Kier molecular flexibility index (Phi) is 16.1. The van der Waals surface area contributed by atoms with Crippen LogP contribution in [0.4, 0.5) is 0 Å². The van der Waals surface area contributed by atoms with Crippen LogP contribution in [0, 0.1) is 35.0 Å². The third-order valence-electron chi connectivity index (χ3n) is 12.3. The summed E-state index contributed by atoms with van der Waals surface area (Å²) in [6.07, 6.45) is -6.62. The number of hydrogen-bond acceptors (Lipinski definition) is 14. The summed E-state index contributed by atoms with van der Waals surface area (Å²) in [5.41, 5.74) is -4.14. The lowest BCUT2D eigenvalue weighted by molar-refractivity contribution is -0.314. The summed E-state index contributed by atoms with van der Waals surface area (Å²) in [6, 6.07) is 1.38. The van der Waals surface area contributed by atoms with E-state index in [4.69, 9.17) is 28.4 Å². The van der Waals surface area contributed by atoms with Crippen molar-refractivity contribution in [1.82, 2.24) is 10.2 Å². The molecule has 0 radical (unpaired) electrons. The molecule has 0 spiro atoms. The lowest BCUT2D eigenvalue weighted by atomic mass is 9.77. The number of nitrogens with one attached hydrogen (secondary N) is 1. The molecule has 5 N–H and O–H groups in total. The predicted molar refractivity (Wildman–Crippen MR) is 197 cm³/mol. The van der Waals surface area contributed by atoms with Gasteiger partial charge in [0, 0.05) is 43.9 Å². The molecule has 0 aromatic heterocycles. The molecule has 3 aliphatic heterocycles. The van der Waals surface area contributed by atoms with Gasteiger partial charge >= 0.3 is 5.97 Å². The summed E-state index contributed by atoms with van der Waals surface area (Å²) in [5.74, 6) is -2.81. The minimum absolute atomic E-state index is 0.155. The number of aliphatic hydroxyl groups excluding tert-OH is 2. The zero-order chi connectivity index (χ0) is 40.2. The maximum Gasteiger partial charge on any atom is 0.311 e. The van der Waals surface area contributed by atoms with Gasteiger partial charge < -0.3 is 59.1 Å². The summed E-state index contributed by atoms with van der Waals surface area (Å²) in [7, 11) is 5.36. The Balaban J connectivity index is 2.16. The molecule has 0 amide bonds. The summed E-state index contributed by atoms with van der Waals surface area (Å²) in [6.45, 7) is 18.2. The number of carbonyl (C=O) groups is 1. The van der Waals surface area contributed by atoms with Crippen molar-refractivity contribution in [2.75, 3.05) is 27.7 Å². The normalized spacial score (nSPS) is 48.3. The van der Waals surface area contributed by atoms with Crippen molar-refractivity contribution in [1.29, 1.82) is 5.26 Å². The molecule has 14 heteroatoms. The van der Waals surface area contributed by atoms with E-state index in [2.05, 4.69) is 11.4 Å². The second kappa shape index (κ2) is 18.6. The first-order valence-electron chi connectivity index (χ1n) is 19.5. The summed E-state index contributed by atoms with van der Waals surface area (Å²) in [4.78, 5) is 16.1. The number of rotatable bonds is 8. The van der Waals surface area contributed by atoms with Crippen LogP contribution in [0.25, 0.3) is 0 Å². The van der Waals surface area contributed by atoms with Gasteiger partial charge in [0.15, 0.2) is 12.6 Å². The maximum atomic E-state index is 14.2. The van der Waals surface area contributed by atoms with Gasteiger partial charge in [-0.1, -0.05) is 20.8 Å². The van der Waals surface area contributed by atoms with Crippen molar-refractivity contribution in [2.24, 2.45) is 23.7 Å². The first-order valence-corrected chi connectivity index (χ1v) is 19.5. The van der Waals surface area contributed by atoms with Crippen molar-refractivity contribution in [3.63, 3.8) is 0 Å². The molecule has 18 atom stereocenters. The molecule has 0 aliphatic carbocycles. The van der Waals surface area contributed by atoms with Crippen LogP contribution in [0.15, 0.2) is 0 Å². The van der Waals surface area contributed by atoms with Gasteiger partial charge in [-0.25, -0.2) is 0 Å². The number of nitriles is 1. The van der Waals surface area contributed by atoms with Crippen molar-refractivity contribution >= 4 is 5.97 Å². The van der Waals surface area contributed by atoms with Crippen LogP contribution in [0.1, 0.15) is 101 Å². The Bertz CT molecular complexity index is 1220. The third-order valence-corrected chi connectivity index (χ3v) is 12.3. The number of likely N-dealkylation sites (N-methyl/N-ethyl adjacent to an activating group) is 1. The van der Waals surface area contributed by atoms with Crippen LogP contribution >= 0.6 is 0 Å². The molecule has 3 aliphatic rings. The second-order valence-corrected chi connectivity index (χ2v) is 17.2. The number of ether oxygens (including phenoxy) is 6. The van der Waals surface area contributed by atoms with E-state index in [0.29, 0.717) is 13.0 Å². The average molecular weight is 758 g/mol. The smallest absolute Gasteiger partial charge is 0.311 e. The minimum atomic E-state index is -1.80. The summed E-state index contributed by atoms with van der Waals surface area (Å²) in [5, 5.41) is 59.8. The predicted octanol–water partition coefficient (Wildman–Crippen LogP) is 2.73. The van der Waals surface area contributed by atoms with E-state index in [1.165, 1.54) is 6.92 Å². The molecular weight excluding hydrogens is 686 g/mol. The molecule has 0 aromatic carbocycles. The zero-order valence-electron chi connectivity index (χ0n) is 34.4. The molecule has 0 saturated carbocycles. The standard InChI is InChI=1S/C39H71N3O11/c1-14-29-39(10,47)33(44)25(6)41-20-21(2)18-37(8,46)34(53-36-31(43)28(42(11)12)17-22(3)49-36)23(4)32(24(5)35(45)51-29)52-30-19-38(9,48-13)27(15-16-40)26(7)50-30/h21-34,36,41,43-44,46-47H,14-15,17-20H2,1-13H3/t21-,22-,23+,24-,25-,26+,27?,28?,29-,30+,31-,32+,33-,34-,36+,37-,38-,39-/m1/s1. The molecule has 0 aromatic rings. The molecule has 3 fully saturated rings. The topological polar surface area (TPSA) is 192 Å². The second-order valence-electron chi connectivity index (χ2n) is 17.2. The molecule has 2 unspecified atom stereocenters. The van der Waals surface area contributed by atoms with E-state index < -0.39 is 89.9 Å². The minimum Gasteiger partial charge on any atom is -0.459 e. The summed E-state index contributed by atoms with van der Waals surface area (Å²) >= 11 is 0. The van der Waals surface area contributed by atoms with Crippen molar-refractivity contribution in [3.05, 3.63) is 0 Å². The monoisotopic (exact) mass is 758 g/mol. The van der Waals surface area contributed by atoms with E-state index in [1.807, 2.05) is 53.6 Å². The van der Waals surface area contributed by atoms with Gasteiger partial charge in [-0.3, -0.25) is 4.79 Å². The van der Waals surface area contributed by atoms with E-state index >= 15 is 0 Å². The Labute approximate surface area is 317 Å². The van der Waals surface area contributed by atoms with Crippen LogP contribution in [0.5, 0.6) is 0 Å². The number of cyclic esters (lactones) is 1. The first-order chi connectivity index (χ1) is 24.5. The number of nitrogens with zero attached hydrogens (tertiary/aromatic N) is 2. The summed E-state index contributed by atoms with van der Waals surface area (Å²) < 4.78 is 38.1. The van der Waals surface area contributed by atoms with Gasteiger partial charge in [0.1, 0.15) is 23.9 Å². The quantitative estimate of drug-likeness (QED) is 0.227. The number of methoxy groups -OCH3 is 1. The average Bonchev–Trinajstić information content (AvgIpc) is 3.08. The molecule has 53 heavy (non-hydrogen) atoms. The highest BCUT2D eigenvalue weighted by molar-refractivity contribution is 5.73. The third kappa shape index (κ3) is 10.7. The molecular formula is C39H71N3O11. The molecule has 14 nitrogen and oxygen atoms in total. The van der Waals surface area contributed by atoms with Gasteiger partial charge in [0.05, 0.1) is 47.6 Å². The molecule has 3 rings (SSSR count). The van der Waals surface area contributed by atoms with E-state index in [9.17, 15) is 30.5 Å². The highest BCUT2D eigenvalue weighted by atomic mass is 16.7. The van der Waals surface area contributed by atoms with Gasteiger partial charge in [-0.15, -0.1) is 0 Å². The Hall–Kier alpha value is -1.48. The van der Waals surface area contributed by atoms with Gasteiger partial charge in [-0.2, -0.15) is 5.26 Å². The van der Waals surface area contributed by atoms with Crippen LogP contribution in [-0.2, 0) is 33.2 Å². The van der Waals surface area contributed by atoms with E-state index in [1.54, 1.807) is 34.8 Å². The fourth-order valence-corrected chi connectivity index (χ4v) is 8.92. The van der Waals surface area contributed by atoms with Crippen LogP contribution in [0.3, 0.4) is 0 Å². The zero-order valence-corrected chi connectivity index (χ0v) is 34.4. The number of aliphatic hydroxyl groups is 4. The van der Waals surface area contributed by atoms with E-state index in [0.717, 1.165) is 0 Å². The van der Waals surface area contributed by atoms with Crippen LogP contribution in [0.2, 0.25) is 0 Å². The van der Waals surface area contributed by atoms with Crippen LogP contribution in [-0.4, -0.2) is 143 Å². The molecule has 308 valence electrons. The fourth-order valence-electron chi connectivity index (χ4n) is 8.92. The lowest BCUT2D eigenvalue weighted by Gasteiger charge is -2.49. The number of esters is 1. The number of carbonyl (C=O) groups excluding carboxylic acids is 1. The Morgan fingerprint density at radius 3 is 2.23 bits per heavy atom. The Morgan fingerprint density at radius 2 is 1.66 bits per heavy atom. The number of hydrogen-bond donors (Lipinski definition) is 5. The van der Waals surface area contributed by atoms with Crippen molar-refractivity contribution < 1.29 is 53.6 Å².